The van der Waals surface area contributed by atoms with Crippen molar-refractivity contribution in [2.24, 2.45) is 0 Å². The number of carbonyl (C=O) groups excluding carboxylic acids is 1. The summed E-state index contributed by atoms with van der Waals surface area (Å²) in [6.07, 6.45) is 3.09. The predicted octanol–water partition coefficient (Wildman–Crippen LogP) is 2.78. The van der Waals surface area contributed by atoms with Crippen molar-refractivity contribution < 1.29 is 33.6 Å². The van der Waals surface area contributed by atoms with Crippen molar-refractivity contribution in [1.29, 1.82) is 0 Å². The highest BCUT2D eigenvalue weighted by atomic mass is 16.7. The Kier molecular flexibility index (Phi) is 5.07. The second kappa shape index (κ2) is 7.60. The summed E-state index contributed by atoms with van der Waals surface area (Å²) < 4.78 is 21.0. The van der Waals surface area contributed by atoms with E-state index in [0.717, 1.165) is 5.56 Å². The van der Waals surface area contributed by atoms with Crippen molar-refractivity contribution in [1.82, 2.24) is 0 Å². The summed E-state index contributed by atoms with van der Waals surface area (Å²) >= 11 is 0. The molecule has 2 aromatic rings. The summed E-state index contributed by atoms with van der Waals surface area (Å²) in [7, 11) is 1.53. The van der Waals surface area contributed by atoms with Gasteiger partial charge < -0.3 is 24.1 Å². The zero-order valence-corrected chi connectivity index (χ0v) is 13.9. The Bertz CT molecular complexity index is 853. The Morgan fingerprint density at radius 2 is 1.96 bits per heavy atom. The summed E-state index contributed by atoms with van der Waals surface area (Å²) in [6, 6.07) is 9.76. The number of fused-ring (bicyclic) bond motifs is 1. The van der Waals surface area contributed by atoms with Crippen LogP contribution in [0.15, 0.2) is 42.5 Å². The van der Waals surface area contributed by atoms with E-state index in [9.17, 15) is 9.59 Å². The first-order chi connectivity index (χ1) is 12.6. The molecule has 7 nitrogen and oxygen atoms in total. The molecule has 0 amide bonds. The second-order valence-electron chi connectivity index (χ2n) is 5.36. The van der Waals surface area contributed by atoms with Gasteiger partial charge in [0.1, 0.15) is 5.75 Å². The monoisotopic (exact) mass is 356 g/mol. The first kappa shape index (κ1) is 17.3. The lowest BCUT2D eigenvalue weighted by molar-refractivity contribution is -0.139. The van der Waals surface area contributed by atoms with Crippen molar-refractivity contribution in [3.8, 4) is 23.0 Å². The van der Waals surface area contributed by atoms with Crippen molar-refractivity contribution in [2.75, 3.05) is 20.5 Å². The number of methoxy groups -OCH3 is 1. The maximum absolute atomic E-state index is 12.3. The van der Waals surface area contributed by atoms with E-state index in [1.165, 1.54) is 13.2 Å². The molecule has 1 aliphatic heterocycles. The summed E-state index contributed by atoms with van der Waals surface area (Å²) in [5.74, 6) is 0.767. The average molecular weight is 356 g/mol. The summed E-state index contributed by atoms with van der Waals surface area (Å²) in [5.41, 5.74) is 1.19. The normalized spacial score (nSPS) is 12.2. The van der Waals surface area contributed by atoms with Gasteiger partial charge >= 0.3 is 5.97 Å². The highest BCUT2D eigenvalue weighted by Gasteiger charge is 2.19. The van der Waals surface area contributed by atoms with Gasteiger partial charge in [0.2, 0.25) is 12.5 Å². The van der Waals surface area contributed by atoms with Gasteiger partial charge in [-0.05, 0) is 48.0 Å². The van der Waals surface area contributed by atoms with Crippen LogP contribution in [0, 0.1) is 0 Å². The van der Waals surface area contributed by atoms with Gasteiger partial charge in [-0.1, -0.05) is 6.08 Å². The van der Waals surface area contributed by atoms with Crippen LogP contribution in [0.2, 0.25) is 0 Å². The number of hydrogen-bond donors (Lipinski definition) is 1. The zero-order chi connectivity index (χ0) is 18.5. The molecule has 1 heterocycles. The Morgan fingerprint density at radius 3 is 2.65 bits per heavy atom. The molecule has 0 aliphatic carbocycles. The van der Waals surface area contributed by atoms with Crippen LogP contribution in [0.5, 0.6) is 23.0 Å². The van der Waals surface area contributed by atoms with E-state index in [4.69, 9.17) is 24.1 Å². The van der Waals surface area contributed by atoms with Crippen LogP contribution in [-0.2, 0) is 4.79 Å². The number of carbonyl (C=O) groups is 2. The molecular formula is C19H16O7. The standard InChI is InChI=1S/C19H16O7/c1-23-16-8-12(9-17-19(16)26-11-25-17)2-7-15(20)13-3-5-14(6-4-13)24-10-18(21)22/h2-9H,10-11H2,1H3,(H,21,22)/b7-2+. The fourth-order valence-electron chi connectivity index (χ4n) is 2.37. The van der Waals surface area contributed by atoms with Crippen LogP contribution in [0.4, 0.5) is 0 Å². The number of ether oxygens (including phenoxy) is 4. The van der Waals surface area contributed by atoms with E-state index in [0.29, 0.717) is 28.6 Å². The lowest BCUT2D eigenvalue weighted by Crippen LogP contribution is -2.09. The molecule has 0 spiro atoms. The minimum absolute atomic E-state index is 0.133. The van der Waals surface area contributed by atoms with Gasteiger partial charge in [0.25, 0.3) is 0 Å². The lowest BCUT2D eigenvalue weighted by Gasteiger charge is -2.06. The molecule has 1 aliphatic rings. The van der Waals surface area contributed by atoms with E-state index in [1.54, 1.807) is 42.5 Å². The van der Waals surface area contributed by atoms with Crippen molar-refractivity contribution >= 4 is 17.8 Å². The number of hydrogen-bond acceptors (Lipinski definition) is 6. The largest absolute Gasteiger partial charge is 0.493 e. The molecule has 26 heavy (non-hydrogen) atoms. The maximum atomic E-state index is 12.3. The molecule has 3 rings (SSSR count). The highest BCUT2D eigenvalue weighted by molar-refractivity contribution is 6.06. The van der Waals surface area contributed by atoms with Crippen LogP contribution in [0.25, 0.3) is 6.08 Å². The summed E-state index contributed by atoms with van der Waals surface area (Å²) in [6.45, 7) is -0.298. The van der Waals surface area contributed by atoms with Crippen LogP contribution in [0.1, 0.15) is 15.9 Å². The van der Waals surface area contributed by atoms with E-state index >= 15 is 0 Å². The van der Waals surface area contributed by atoms with Crippen LogP contribution < -0.4 is 18.9 Å². The third-order valence-electron chi connectivity index (χ3n) is 3.61. The average Bonchev–Trinajstić information content (AvgIpc) is 3.12. The number of carboxylic acids is 1. The number of rotatable bonds is 7. The van der Waals surface area contributed by atoms with Gasteiger partial charge in [-0.2, -0.15) is 0 Å². The lowest BCUT2D eigenvalue weighted by atomic mass is 10.1. The van der Waals surface area contributed by atoms with E-state index in [-0.39, 0.29) is 12.6 Å². The van der Waals surface area contributed by atoms with Gasteiger partial charge in [0.05, 0.1) is 7.11 Å². The molecule has 2 aromatic carbocycles. The van der Waals surface area contributed by atoms with Crippen LogP contribution >= 0.6 is 0 Å². The number of allylic oxidation sites excluding steroid dienone is 1. The molecular weight excluding hydrogens is 340 g/mol. The summed E-state index contributed by atoms with van der Waals surface area (Å²) in [4.78, 5) is 22.7. The molecule has 134 valence electrons. The van der Waals surface area contributed by atoms with Gasteiger partial charge in [-0.15, -0.1) is 0 Å². The second-order valence-corrected chi connectivity index (χ2v) is 5.36. The topological polar surface area (TPSA) is 91.3 Å². The Morgan fingerprint density at radius 1 is 1.19 bits per heavy atom. The molecule has 0 saturated heterocycles. The fraction of sp³-hybridized carbons (Fsp3) is 0.158. The number of benzene rings is 2. The van der Waals surface area contributed by atoms with Crippen molar-refractivity contribution in [3.63, 3.8) is 0 Å². The number of carboxylic acid groups (broad SMARTS) is 1. The third-order valence-corrected chi connectivity index (χ3v) is 3.61. The van der Waals surface area contributed by atoms with Crippen molar-refractivity contribution in [3.05, 3.63) is 53.6 Å². The molecule has 0 bridgehead atoms. The van der Waals surface area contributed by atoms with E-state index < -0.39 is 12.6 Å². The molecule has 1 N–H and O–H groups in total. The van der Waals surface area contributed by atoms with Crippen LogP contribution in [0.3, 0.4) is 0 Å². The summed E-state index contributed by atoms with van der Waals surface area (Å²) in [5, 5.41) is 8.58. The first-order valence-electron chi connectivity index (χ1n) is 7.71. The van der Waals surface area contributed by atoms with Gasteiger partial charge in [0.15, 0.2) is 23.9 Å². The number of ketones is 1. The SMILES string of the molecule is COc1cc(/C=C/C(=O)c2ccc(OCC(=O)O)cc2)cc2c1OCO2. The fourth-order valence-corrected chi connectivity index (χ4v) is 2.37. The third kappa shape index (κ3) is 3.94. The molecule has 7 heteroatoms. The van der Waals surface area contributed by atoms with Gasteiger partial charge in [-0.3, -0.25) is 4.79 Å². The molecule has 0 aromatic heterocycles. The van der Waals surface area contributed by atoms with Crippen molar-refractivity contribution in [2.45, 2.75) is 0 Å². The first-order valence-corrected chi connectivity index (χ1v) is 7.71. The number of aliphatic carboxylic acids is 1. The predicted molar refractivity (Wildman–Crippen MR) is 92.1 cm³/mol. The zero-order valence-electron chi connectivity index (χ0n) is 13.9. The Labute approximate surface area is 149 Å². The van der Waals surface area contributed by atoms with Gasteiger partial charge in [0, 0.05) is 5.56 Å². The van der Waals surface area contributed by atoms with E-state index in [2.05, 4.69) is 0 Å². The van der Waals surface area contributed by atoms with E-state index in [1.807, 2.05) is 0 Å². The smallest absolute Gasteiger partial charge is 0.341 e. The minimum atomic E-state index is -1.06. The molecule has 0 radical (unpaired) electrons. The Balaban J connectivity index is 1.70. The highest BCUT2D eigenvalue weighted by Crippen LogP contribution is 2.42. The molecule has 0 saturated carbocycles. The quantitative estimate of drug-likeness (QED) is 0.602. The molecule has 0 fully saturated rings. The van der Waals surface area contributed by atoms with Crippen LogP contribution in [-0.4, -0.2) is 37.4 Å². The minimum Gasteiger partial charge on any atom is -0.493 e. The van der Waals surface area contributed by atoms with Gasteiger partial charge in [-0.25, -0.2) is 4.79 Å². The Hall–Kier alpha value is -3.48. The molecule has 0 unspecified atom stereocenters. The molecule has 0 atom stereocenters. The maximum Gasteiger partial charge on any atom is 0.341 e.